The zero-order valence-electron chi connectivity index (χ0n) is 22.2. The molecule has 212 valence electrons. The predicted molar refractivity (Wildman–Crippen MR) is 146 cm³/mol. The van der Waals surface area contributed by atoms with Gasteiger partial charge < -0.3 is 15.7 Å². The van der Waals surface area contributed by atoms with Crippen molar-refractivity contribution in [2.24, 2.45) is 5.92 Å². The highest BCUT2D eigenvalue weighted by Gasteiger charge is 2.31. The van der Waals surface area contributed by atoms with Gasteiger partial charge in [-0.3, -0.25) is 14.8 Å². The topological polar surface area (TPSA) is 87.1 Å². The van der Waals surface area contributed by atoms with E-state index in [1.54, 1.807) is 13.0 Å². The Bertz CT molecular complexity index is 1370. The van der Waals surface area contributed by atoms with Gasteiger partial charge >= 0.3 is 6.18 Å². The lowest BCUT2D eigenvalue weighted by Gasteiger charge is -2.24. The summed E-state index contributed by atoms with van der Waals surface area (Å²) in [6.45, 7) is 5.74. The first-order chi connectivity index (χ1) is 19.0. The fourth-order valence-corrected chi connectivity index (χ4v) is 4.97. The van der Waals surface area contributed by atoms with Crippen molar-refractivity contribution in [3.05, 3.63) is 78.0 Å². The molecular formula is C30H32F4N4O2. The molecule has 0 bridgehead atoms. The maximum Gasteiger partial charge on any atom is 0.416 e. The number of aliphatic hydroxyl groups is 1. The number of pyridine rings is 2. The maximum atomic E-state index is 14.6. The largest absolute Gasteiger partial charge is 0.416 e. The zero-order chi connectivity index (χ0) is 28.9. The van der Waals surface area contributed by atoms with E-state index in [1.165, 1.54) is 31.1 Å². The lowest BCUT2D eigenvalue weighted by Crippen LogP contribution is -2.33. The van der Waals surface area contributed by atoms with Gasteiger partial charge in [-0.15, -0.1) is 0 Å². The number of amides is 1. The first-order valence-corrected chi connectivity index (χ1v) is 13.2. The Morgan fingerprint density at radius 3 is 2.55 bits per heavy atom. The number of carbonyl (C=O) groups is 1. The van der Waals surface area contributed by atoms with Gasteiger partial charge in [0, 0.05) is 41.9 Å². The average Bonchev–Trinajstić information content (AvgIpc) is 2.92. The van der Waals surface area contributed by atoms with Crippen molar-refractivity contribution in [2.75, 3.05) is 11.9 Å². The third kappa shape index (κ3) is 7.24. The molecule has 0 spiro atoms. The van der Waals surface area contributed by atoms with Crippen LogP contribution in [0.5, 0.6) is 0 Å². The van der Waals surface area contributed by atoms with Crippen LogP contribution in [0.2, 0.25) is 0 Å². The fraction of sp³-hybridized carbons (Fsp3) is 0.367. The smallest absolute Gasteiger partial charge is 0.391 e. The molecule has 1 aromatic carbocycles. The number of aliphatic hydroxyl groups excluding tert-OH is 1. The number of anilines is 2. The molecule has 3 aromatic rings. The molecule has 40 heavy (non-hydrogen) atoms. The summed E-state index contributed by atoms with van der Waals surface area (Å²) >= 11 is 0. The highest BCUT2D eigenvalue weighted by molar-refractivity contribution is 6.00. The summed E-state index contributed by atoms with van der Waals surface area (Å²) in [5.74, 6) is -0.849. The van der Waals surface area contributed by atoms with E-state index in [1.807, 2.05) is 0 Å². The number of alkyl halides is 3. The number of allylic oxidation sites excluding steroid dienone is 1. The zero-order valence-corrected chi connectivity index (χ0v) is 22.2. The molecule has 1 fully saturated rings. The third-order valence-electron chi connectivity index (χ3n) is 7.10. The summed E-state index contributed by atoms with van der Waals surface area (Å²) in [6.07, 6.45) is 5.29. The minimum Gasteiger partial charge on any atom is -0.391 e. The Morgan fingerprint density at radius 2 is 1.85 bits per heavy atom. The molecule has 0 aliphatic heterocycles. The van der Waals surface area contributed by atoms with Gasteiger partial charge in [-0.05, 0) is 55.2 Å². The second-order valence-corrected chi connectivity index (χ2v) is 10.2. The molecule has 3 N–H and O–H groups in total. The van der Waals surface area contributed by atoms with Crippen LogP contribution in [0.25, 0.3) is 16.8 Å². The molecule has 1 saturated carbocycles. The van der Waals surface area contributed by atoms with E-state index in [4.69, 9.17) is 0 Å². The van der Waals surface area contributed by atoms with Gasteiger partial charge in [-0.2, -0.15) is 13.2 Å². The Balaban J connectivity index is 1.57. The number of hydrogen-bond donors (Lipinski definition) is 3. The van der Waals surface area contributed by atoms with Crippen LogP contribution in [-0.2, 0) is 6.18 Å². The first kappa shape index (κ1) is 29.2. The number of benzene rings is 1. The number of nitrogens with zero attached hydrogens (tertiary/aromatic N) is 2. The van der Waals surface area contributed by atoms with Crippen LogP contribution >= 0.6 is 0 Å². The minimum atomic E-state index is -4.65. The number of halogens is 4. The summed E-state index contributed by atoms with van der Waals surface area (Å²) < 4.78 is 54.4. The lowest BCUT2D eigenvalue weighted by atomic mass is 9.85. The molecule has 0 radical (unpaired) electrons. The van der Waals surface area contributed by atoms with E-state index in [9.17, 15) is 27.5 Å². The first-order valence-electron chi connectivity index (χ1n) is 13.2. The van der Waals surface area contributed by atoms with Crippen LogP contribution in [0.15, 0.2) is 55.5 Å². The van der Waals surface area contributed by atoms with Crippen molar-refractivity contribution in [1.29, 1.82) is 0 Å². The normalized spacial score (nSPS) is 14.9. The summed E-state index contributed by atoms with van der Waals surface area (Å²) in [7, 11) is 0. The molecule has 0 unspecified atom stereocenters. The fourth-order valence-electron chi connectivity index (χ4n) is 4.97. The average molecular weight is 557 g/mol. The number of hydrogen-bond acceptors (Lipinski definition) is 5. The molecular weight excluding hydrogens is 524 g/mol. The predicted octanol–water partition coefficient (Wildman–Crippen LogP) is 7.14. The molecule has 2 aromatic heterocycles. The molecule has 4 rings (SSSR count). The van der Waals surface area contributed by atoms with Crippen molar-refractivity contribution in [3.63, 3.8) is 0 Å². The molecule has 10 heteroatoms. The van der Waals surface area contributed by atoms with Gasteiger partial charge in [-0.1, -0.05) is 38.7 Å². The lowest BCUT2D eigenvalue weighted by molar-refractivity contribution is -0.137. The molecule has 1 aliphatic rings. The summed E-state index contributed by atoms with van der Waals surface area (Å²) in [5, 5.41) is 16.4. The van der Waals surface area contributed by atoms with Gasteiger partial charge in [0.25, 0.3) is 5.91 Å². The second kappa shape index (κ2) is 12.6. The quantitative estimate of drug-likeness (QED) is 0.244. The van der Waals surface area contributed by atoms with Gasteiger partial charge in [0.05, 0.1) is 28.6 Å². The van der Waals surface area contributed by atoms with Crippen LogP contribution in [0.4, 0.5) is 28.9 Å². The third-order valence-corrected chi connectivity index (χ3v) is 7.10. The Labute approximate surface area is 230 Å². The van der Waals surface area contributed by atoms with E-state index < -0.39 is 29.6 Å². The summed E-state index contributed by atoms with van der Waals surface area (Å²) in [6, 6.07) is 5.13. The minimum absolute atomic E-state index is 0.0259. The van der Waals surface area contributed by atoms with E-state index in [2.05, 4.69) is 27.2 Å². The van der Waals surface area contributed by atoms with Crippen LogP contribution in [0.3, 0.4) is 0 Å². The number of carbonyl (C=O) groups excluding carboxylic acids is 1. The second-order valence-electron chi connectivity index (χ2n) is 10.2. The van der Waals surface area contributed by atoms with Crippen LogP contribution in [0.1, 0.15) is 66.9 Å². The molecule has 1 atom stereocenters. The highest BCUT2D eigenvalue weighted by atomic mass is 19.4. The van der Waals surface area contributed by atoms with Crippen molar-refractivity contribution in [2.45, 2.75) is 57.7 Å². The van der Waals surface area contributed by atoms with E-state index in [0.717, 1.165) is 31.7 Å². The van der Waals surface area contributed by atoms with Crippen LogP contribution in [0, 0.1) is 11.7 Å². The number of rotatable bonds is 9. The monoisotopic (exact) mass is 556 g/mol. The van der Waals surface area contributed by atoms with Gasteiger partial charge in [0.2, 0.25) is 0 Å². The molecule has 1 amide bonds. The van der Waals surface area contributed by atoms with E-state index in [0.29, 0.717) is 47.0 Å². The standard InChI is InChI=1S/C30H32F4N4O2/c1-18(2)23-17-36-27(22-13-20(30(32,33)34)8-9-25(22)31)14-28(23)38-26-10-11-35-16-24(26)29(40)37-15-21(39)12-19-6-4-3-5-7-19/h8-11,13-14,16-17,19,21,39H,1,3-7,12,15H2,2H3,(H,37,40)(H,35,36,38)/t21-/m0/s1. The molecule has 0 saturated heterocycles. The number of aromatic nitrogens is 2. The Morgan fingerprint density at radius 1 is 1.10 bits per heavy atom. The highest BCUT2D eigenvalue weighted by Crippen LogP contribution is 2.35. The van der Waals surface area contributed by atoms with Gasteiger partial charge in [0.1, 0.15) is 5.82 Å². The SMILES string of the molecule is C=C(C)c1cnc(-c2cc(C(F)(F)F)ccc2F)cc1Nc1ccncc1C(=O)NC[C@@H](O)CC1CCCCC1. The van der Waals surface area contributed by atoms with E-state index in [-0.39, 0.29) is 23.4 Å². The number of nitrogens with one attached hydrogen (secondary N) is 2. The van der Waals surface area contributed by atoms with Crippen molar-refractivity contribution in [3.8, 4) is 11.3 Å². The maximum absolute atomic E-state index is 14.6. The van der Waals surface area contributed by atoms with Gasteiger partial charge in [0.15, 0.2) is 0 Å². The molecule has 2 heterocycles. The van der Waals surface area contributed by atoms with Crippen LogP contribution in [-0.4, -0.2) is 33.6 Å². The van der Waals surface area contributed by atoms with E-state index >= 15 is 0 Å². The van der Waals surface area contributed by atoms with Crippen molar-refractivity contribution in [1.82, 2.24) is 15.3 Å². The van der Waals surface area contributed by atoms with Crippen LogP contribution < -0.4 is 10.6 Å². The van der Waals surface area contributed by atoms with Crippen molar-refractivity contribution < 1.29 is 27.5 Å². The summed E-state index contributed by atoms with van der Waals surface area (Å²) in [4.78, 5) is 21.3. The van der Waals surface area contributed by atoms with Gasteiger partial charge in [-0.25, -0.2) is 4.39 Å². The molecule has 6 nitrogen and oxygen atoms in total. The Kier molecular flexibility index (Phi) is 9.19. The summed E-state index contributed by atoms with van der Waals surface area (Å²) in [5.41, 5.74) is 0.712. The Hall–Kier alpha value is -3.79. The molecule has 1 aliphatic carbocycles. The van der Waals surface area contributed by atoms with Crippen molar-refractivity contribution >= 4 is 22.9 Å².